The quantitative estimate of drug-likeness (QED) is 0.199. The number of alkyl halides is 1. The Hall–Kier alpha value is -2.83. The molecular formula is C28H37BrN2O8S. The molecule has 1 unspecified atom stereocenters. The SMILES string of the molecule is COC(=O)CC(NC(=O)OC(C)(C)C)c1ccc(C)c(CN2Cc3cc(OCCCCBr)ccc3OS2(=O)=O)c1. The van der Waals surface area contributed by atoms with Crippen LogP contribution in [0.15, 0.2) is 36.4 Å². The third kappa shape index (κ3) is 9.10. The first-order valence-corrected chi connectivity index (χ1v) is 15.5. The van der Waals surface area contributed by atoms with Crippen LogP contribution in [-0.2, 0) is 37.7 Å². The molecule has 0 saturated carbocycles. The Labute approximate surface area is 244 Å². The van der Waals surface area contributed by atoms with Crippen molar-refractivity contribution in [2.75, 3.05) is 19.0 Å². The highest BCUT2D eigenvalue weighted by Crippen LogP contribution is 2.34. The monoisotopic (exact) mass is 640 g/mol. The third-order valence-corrected chi connectivity index (χ3v) is 7.94. The zero-order valence-corrected chi connectivity index (χ0v) is 25.9. The minimum atomic E-state index is -4.06. The number of ether oxygens (including phenoxy) is 3. The minimum absolute atomic E-state index is 0.0230. The zero-order valence-electron chi connectivity index (χ0n) is 23.5. The van der Waals surface area contributed by atoms with Gasteiger partial charge in [0.1, 0.15) is 17.1 Å². The Kier molecular flexibility index (Phi) is 10.8. The van der Waals surface area contributed by atoms with Crippen molar-refractivity contribution in [2.45, 2.75) is 71.7 Å². The Morgan fingerprint density at radius 3 is 2.58 bits per heavy atom. The van der Waals surface area contributed by atoms with E-state index in [1.54, 1.807) is 51.1 Å². The van der Waals surface area contributed by atoms with E-state index in [9.17, 15) is 18.0 Å². The molecule has 220 valence electrons. The Balaban J connectivity index is 1.83. The summed E-state index contributed by atoms with van der Waals surface area (Å²) in [6.45, 7) is 7.76. The Bertz CT molecular complexity index is 1310. The molecule has 12 heteroatoms. The van der Waals surface area contributed by atoms with Gasteiger partial charge in [-0.05, 0) is 75.4 Å². The number of nitrogens with zero attached hydrogens (tertiary/aromatic N) is 1. The number of fused-ring (bicyclic) bond motifs is 1. The van der Waals surface area contributed by atoms with Gasteiger partial charge in [-0.25, -0.2) is 4.79 Å². The number of unbranched alkanes of at least 4 members (excludes halogenated alkanes) is 1. The van der Waals surface area contributed by atoms with Crippen molar-refractivity contribution in [1.82, 2.24) is 9.62 Å². The average molecular weight is 642 g/mol. The standard InChI is InChI=1S/C28H37BrN2O8S/c1-19-8-9-20(24(16-26(32)36-5)30-27(33)38-28(2,3)4)14-21(19)17-31-18-22-15-23(37-13-7-6-12-29)10-11-25(22)39-40(31,34)35/h8-11,14-15,24H,6-7,12-13,16-18H2,1-5H3,(H,30,33). The first-order valence-electron chi connectivity index (χ1n) is 13.0. The maximum atomic E-state index is 13.0. The van der Waals surface area contributed by atoms with Crippen LogP contribution in [-0.4, -0.2) is 49.4 Å². The summed E-state index contributed by atoms with van der Waals surface area (Å²) in [7, 11) is -2.79. The molecule has 3 rings (SSSR count). The summed E-state index contributed by atoms with van der Waals surface area (Å²) in [6.07, 6.45) is 1.08. The molecule has 1 amide bonds. The summed E-state index contributed by atoms with van der Waals surface area (Å²) in [4.78, 5) is 24.6. The smallest absolute Gasteiger partial charge is 0.408 e. The molecule has 0 fully saturated rings. The van der Waals surface area contributed by atoms with Gasteiger partial charge >= 0.3 is 22.4 Å². The molecule has 0 aliphatic carbocycles. The lowest BCUT2D eigenvalue weighted by Crippen LogP contribution is -2.37. The van der Waals surface area contributed by atoms with Gasteiger partial charge < -0.3 is 23.7 Å². The number of hydrogen-bond acceptors (Lipinski definition) is 8. The van der Waals surface area contributed by atoms with E-state index in [4.69, 9.17) is 18.4 Å². The number of halogens is 1. The number of amides is 1. The second kappa shape index (κ2) is 13.7. The lowest BCUT2D eigenvalue weighted by atomic mass is 9.98. The highest BCUT2D eigenvalue weighted by Gasteiger charge is 2.32. The van der Waals surface area contributed by atoms with Gasteiger partial charge in [0.15, 0.2) is 0 Å². The van der Waals surface area contributed by atoms with E-state index in [0.29, 0.717) is 29.0 Å². The molecule has 10 nitrogen and oxygen atoms in total. The fourth-order valence-corrected chi connectivity index (χ4v) is 5.51. The van der Waals surface area contributed by atoms with Crippen molar-refractivity contribution in [3.05, 3.63) is 58.7 Å². The number of esters is 1. The van der Waals surface area contributed by atoms with Crippen LogP contribution >= 0.6 is 15.9 Å². The van der Waals surface area contributed by atoms with Crippen LogP contribution in [0.3, 0.4) is 0 Å². The van der Waals surface area contributed by atoms with Crippen LogP contribution in [0, 0.1) is 6.92 Å². The van der Waals surface area contributed by atoms with E-state index in [2.05, 4.69) is 21.2 Å². The average Bonchev–Trinajstić information content (AvgIpc) is 2.86. The second-order valence-electron chi connectivity index (χ2n) is 10.5. The van der Waals surface area contributed by atoms with Crippen molar-refractivity contribution in [1.29, 1.82) is 0 Å². The molecule has 1 heterocycles. The number of nitrogens with one attached hydrogen (secondary N) is 1. The molecule has 1 atom stereocenters. The third-order valence-electron chi connectivity index (χ3n) is 6.10. The first kappa shape index (κ1) is 31.7. The van der Waals surface area contributed by atoms with Crippen LogP contribution in [0.5, 0.6) is 11.5 Å². The van der Waals surface area contributed by atoms with Crippen LogP contribution < -0.4 is 14.2 Å². The van der Waals surface area contributed by atoms with Gasteiger partial charge in [0, 0.05) is 24.0 Å². The van der Waals surface area contributed by atoms with E-state index in [-0.39, 0.29) is 25.3 Å². The van der Waals surface area contributed by atoms with Gasteiger partial charge in [0.2, 0.25) is 0 Å². The lowest BCUT2D eigenvalue weighted by Gasteiger charge is -2.29. The van der Waals surface area contributed by atoms with Gasteiger partial charge in [-0.2, -0.15) is 12.7 Å². The van der Waals surface area contributed by atoms with Gasteiger partial charge in [-0.1, -0.05) is 34.1 Å². The number of methoxy groups -OCH3 is 1. The van der Waals surface area contributed by atoms with Gasteiger partial charge in [0.25, 0.3) is 0 Å². The minimum Gasteiger partial charge on any atom is -0.494 e. The maximum absolute atomic E-state index is 13.0. The molecule has 0 radical (unpaired) electrons. The topological polar surface area (TPSA) is 120 Å². The van der Waals surface area contributed by atoms with Crippen LogP contribution in [0.1, 0.15) is 68.3 Å². The number of alkyl carbamates (subject to hydrolysis) is 1. The molecule has 40 heavy (non-hydrogen) atoms. The van der Waals surface area contributed by atoms with Crippen molar-refractivity contribution in [2.24, 2.45) is 0 Å². The molecule has 0 aromatic heterocycles. The van der Waals surface area contributed by atoms with Crippen molar-refractivity contribution in [3.63, 3.8) is 0 Å². The number of rotatable bonds is 11. The van der Waals surface area contributed by atoms with Crippen LogP contribution in [0.4, 0.5) is 4.79 Å². The first-order chi connectivity index (χ1) is 18.8. The maximum Gasteiger partial charge on any atom is 0.408 e. The zero-order chi connectivity index (χ0) is 29.5. The molecule has 1 aliphatic heterocycles. The summed E-state index contributed by atoms with van der Waals surface area (Å²) in [5.74, 6) is 0.402. The second-order valence-corrected chi connectivity index (χ2v) is 12.8. The van der Waals surface area contributed by atoms with Crippen molar-refractivity contribution in [3.8, 4) is 11.5 Å². The largest absolute Gasteiger partial charge is 0.494 e. The predicted octanol–water partition coefficient (Wildman–Crippen LogP) is 5.32. The number of aryl methyl sites for hydroxylation is 1. The lowest BCUT2D eigenvalue weighted by molar-refractivity contribution is -0.141. The normalized spacial score (nSPS) is 15.3. The summed E-state index contributed by atoms with van der Waals surface area (Å²) in [5, 5.41) is 3.64. The number of benzene rings is 2. The van der Waals surface area contributed by atoms with E-state index < -0.39 is 34.0 Å². The molecular weight excluding hydrogens is 604 g/mol. The summed E-state index contributed by atoms with van der Waals surface area (Å²) >= 11 is 3.40. The summed E-state index contributed by atoms with van der Waals surface area (Å²) in [5.41, 5.74) is 2.10. The van der Waals surface area contributed by atoms with Gasteiger partial charge in [-0.3, -0.25) is 4.79 Å². The van der Waals surface area contributed by atoms with E-state index >= 15 is 0 Å². The predicted molar refractivity (Wildman–Crippen MR) is 154 cm³/mol. The molecule has 0 bridgehead atoms. The molecule has 1 N–H and O–H groups in total. The van der Waals surface area contributed by atoms with Gasteiger partial charge in [0.05, 0.1) is 26.2 Å². The molecule has 1 aliphatic rings. The molecule has 2 aromatic rings. The van der Waals surface area contributed by atoms with E-state index in [1.807, 2.05) is 13.0 Å². The van der Waals surface area contributed by atoms with E-state index in [0.717, 1.165) is 23.7 Å². The summed E-state index contributed by atoms with van der Waals surface area (Å²) in [6, 6.07) is 9.72. The Morgan fingerprint density at radius 2 is 1.90 bits per heavy atom. The number of carbonyl (C=O) groups excluding carboxylic acids is 2. The highest BCUT2D eigenvalue weighted by molar-refractivity contribution is 9.09. The fourth-order valence-electron chi connectivity index (χ4n) is 4.03. The van der Waals surface area contributed by atoms with Crippen molar-refractivity contribution < 1.29 is 36.4 Å². The molecule has 0 saturated heterocycles. The van der Waals surface area contributed by atoms with Crippen molar-refractivity contribution >= 4 is 38.3 Å². The number of carbonyl (C=O) groups is 2. The van der Waals surface area contributed by atoms with E-state index in [1.165, 1.54) is 11.4 Å². The summed E-state index contributed by atoms with van der Waals surface area (Å²) < 4.78 is 48.6. The molecule has 2 aromatic carbocycles. The van der Waals surface area contributed by atoms with Gasteiger partial charge in [-0.15, -0.1) is 0 Å². The van der Waals surface area contributed by atoms with Crippen LogP contribution in [0.2, 0.25) is 0 Å². The number of hydrogen-bond donors (Lipinski definition) is 1. The van der Waals surface area contributed by atoms with Crippen LogP contribution in [0.25, 0.3) is 0 Å². The molecule has 0 spiro atoms. The highest BCUT2D eigenvalue weighted by atomic mass is 79.9. The Morgan fingerprint density at radius 1 is 1.15 bits per heavy atom. The fraction of sp³-hybridized carbons (Fsp3) is 0.500.